The number of rotatable bonds is 14. The highest BCUT2D eigenvalue weighted by Gasteiger charge is 2.28. The Kier molecular flexibility index (Phi) is 10.4. The molecule has 0 fully saturated rings. The molecule has 1 aromatic rings. The number of aryl methyl sites for hydroxylation is 1. The van der Waals surface area contributed by atoms with Crippen LogP contribution in [0.1, 0.15) is 37.7 Å². The number of ether oxygens (including phenoxy) is 1. The summed E-state index contributed by atoms with van der Waals surface area (Å²) in [5.74, 6) is 0. The molecule has 0 bridgehead atoms. The predicted molar refractivity (Wildman–Crippen MR) is 111 cm³/mol. The van der Waals surface area contributed by atoms with E-state index < -0.39 is 0 Å². The van der Waals surface area contributed by atoms with Crippen molar-refractivity contribution in [2.75, 3.05) is 39.5 Å². The molecular formula is C23H35NO3. The van der Waals surface area contributed by atoms with Gasteiger partial charge in [0, 0.05) is 25.2 Å². The number of nitrogens with one attached hydrogen (secondary N) is 1. The molecule has 1 unspecified atom stereocenters. The molecule has 1 aliphatic carbocycles. The largest absolute Gasteiger partial charge is 0.395 e. The Morgan fingerprint density at radius 3 is 2.52 bits per heavy atom. The third kappa shape index (κ3) is 8.39. The summed E-state index contributed by atoms with van der Waals surface area (Å²) in [5, 5.41) is 22.5. The Labute approximate surface area is 164 Å². The molecule has 2 rings (SSSR count). The van der Waals surface area contributed by atoms with Crippen LogP contribution in [0.25, 0.3) is 0 Å². The van der Waals surface area contributed by atoms with Gasteiger partial charge >= 0.3 is 0 Å². The summed E-state index contributed by atoms with van der Waals surface area (Å²) < 4.78 is 5.72. The van der Waals surface area contributed by atoms with Crippen LogP contribution < -0.4 is 5.32 Å². The first kappa shape index (κ1) is 21.8. The van der Waals surface area contributed by atoms with E-state index in [2.05, 4.69) is 41.7 Å². The molecule has 0 saturated carbocycles. The molecular weight excluding hydrogens is 338 g/mol. The zero-order valence-electron chi connectivity index (χ0n) is 16.4. The van der Waals surface area contributed by atoms with E-state index in [0.717, 1.165) is 64.0 Å². The van der Waals surface area contributed by atoms with E-state index in [4.69, 9.17) is 4.74 Å². The SMILES string of the molecule is OCC1=CC=CC(CO)(CNCCCCOCCCCc2ccccc2)C1. The van der Waals surface area contributed by atoms with Gasteiger partial charge in [-0.3, -0.25) is 0 Å². The van der Waals surface area contributed by atoms with Gasteiger partial charge in [0.05, 0.1) is 13.2 Å². The number of unbranched alkanes of at least 4 members (excludes halogenated alkanes) is 2. The van der Waals surface area contributed by atoms with E-state index in [1.165, 1.54) is 12.0 Å². The first-order valence-corrected chi connectivity index (χ1v) is 10.2. The average molecular weight is 374 g/mol. The molecule has 1 aliphatic rings. The molecule has 0 heterocycles. The number of benzene rings is 1. The molecule has 0 spiro atoms. The highest BCUT2D eigenvalue weighted by molar-refractivity contribution is 5.24. The van der Waals surface area contributed by atoms with Crippen molar-refractivity contribution in [2.24, 2.45) is 5.41 Å². The topological polar surface area (TPSA) is 61.7 Å². The van der Waals surface area contributed by atoms with Crippen LogP contribution in [0.4, 0.5) is 0 Å². The van der Waals surface area contributed by atoms with E-state index in [-0.39, 0.29) is 18.6 Å². The van der Waals surface area contributed by atoms with E-state index in [1.54, 1.807) is 0 Å². The van der Waals surface area contributed by atoms with Crippen LogP contribution in [0.2, 0.25) is 0 Å². The van der Waals surface area contributed by atoms with Crippen molar-refractivity contribution in [1.82, 2.24) is 5.32 Å². The lowest BCUT2D eigenvalue weighted by Gasteiger charge is -2.32. The summed E-state index contributed by atoms with van der Waals surface area (Å²) in [6.07, 6.45) is 12.2. The Hall–Kier alpha value is -1.46. The number of hydrogen-bond acceptors (Lipinski definition) is 4. The lowest BCUT2D eigenvalue weighted by atomic mass is 9.79. The van der Waals surface area contributed by atoms with Crippen molar-refractivity contribution < 1.29 is 14.9 Å². The number of allylic oxidation sites excluding steroid dienone is 2. The molecule has 1 aromatic carbocycles. The van der Waals surface area contributed by atoms with Crippen molar-refractivity contribution >= 4 is 0 Å². The molecule has 150 valence electrons. The predicted octanol–water partition coefficient (Wildman–Crippen LogP) is 3.25. The van der Waals surface area contributed by atoms with Crippen molar-refractivity contribution in [1.29, 1.82) is 0 Å². The van der Waals surface area contributed by atoms with E-state index >= 15 is 0 Å². The number of aliphatic hydroxyl groups excluding tert-OH is 2. The lowest BCUT2D eigenvalue weighted by molar-refractivity contribution is 0.126. The van der Waals surface area contributed by atoms with Crippen LogP contribution in [0.15, 0.2) is 54.1 Å². The maximum Gasteiger partial charge on any atom is 0.0645 e. The van der Waals surface area contributed by atoms with Gasteiger partial charge < -0.3 is 20.3 Å². The molecule has 4 nitrogen and oxygen atoms in total. The highest BCUT2D eigenvalue weighted by atomic mass is 16.5. The average Bonchev–Trinajstić information content (AvgIpc) is 2.73. The molecule has 0 saturated heterocycles. The van der Waals surface area contributed by atoms with Gasteiger partial charge in [-0.2, -0.15) is 0 Å². The standard InChI is InChI=1S/C23H35NO3/c25-18-22-12-8-13-23(17-22,20-26)19-24-14-5-7-16-27-15-6-4-11-21-9-2-1-3-10-21/h1-3,8-10,12-13,24-26H,4-7,11,14-20H2. The Morgan fingerprint density at radius 2 is 1.78 bits per heavy atom. The van der Waals surface area contributed by atoms with Crippen LogP contribution in [0.3, 0.4) is 0 Å². The third-order valence-electron chi connectivity index (χ3n) is 5.10. The Morgan fingerprint density at radius 1 is 1.00 bits per heavy atom. The fourth-order valence-corrected chi connectivity index (χ4v) is 3.42. The first-order chi connectivity index (χ1) is 13.3. The van der Waals surface area contributed by atoms with Crippen LogP contribution in [-0.2, 0) is 11.2 Å². The lowest BCUT2D eigenvalue weighted by Crippen LogP contribution is -2.38. The molecule has 0 amide bonds. The van der Waals surface area contributed by atoms with Crippen molar-refractivity contribution in [2.45, 2.75) is 38.5 Å². The van der Waals surface area contributed by atoms with Gasteiger partial charge in [-0.25, -0.2) is 0 Å². The Balaban J connectivity index is 1.43. The fourth-order valence-electron chi connectivity index (χ4n) is 3.42. The van der Waals surface area contributed by atoms with Gasteiger partial charge in [0.2, 0.25) is 0 Å². The third-order valence-corrected chi connectivity index (χ3v) is 5.10. The number of hydrogen-bond donors (Lipinski definition) is 3. The quantitative estimate of drug-likeness (QED) is 0.438. The molecule has 27 heavy (non-hydrogen) atoms. The highest BCUT2D eigenvalue weighted by Crippen LogP contribution is 2.30. The molecule has 0 aromatic heterocycles. The fraction of sp³-hybridized carbons (Fsp3) is 0.565. The number of aliphatic hydroxyl groups is 2. The zero-order valence-corrected chi connectivity index (χ0v) is 16.4. The maximum atomic E-state index is 9.75. The van der Waals surface area contributed by atoms with Gasteiger partial charge in [0.1, 0.15) is 0 Å². The van der Waals surface area contributed by atoms with Gasteiger partial charge in [-0.1, -0.05) is 48.6 Å². The molecule has 0 radical (unpaired) electrons. The van der Waals surface area contributed by atoms with E-state index in [9.17, 15) is 10.2 Å². The minimum absolute atomic E-state index is 0.0643. The second-order valence-corrected chi connectivity index (χ2v) is 7.48. The summed E-state index contributed by atoms with van der Waals surface area (Å²) in [6, 6.07) is 10.6. The van der Waals surface area contributed by atoms with Crippen LogP contribution in [-0.4, -0.2) is 49.7 Å². The van der Waals surface area contributed by atoms with Crippen molar-refractivity contribution in [3.8, 4) is 0 Å². The monoisotopic (exact) mass is 373 g/mol. The van der Waals surface area contributed by atoms with Crippen LogP contribution in [0, 0.1) is 5.41 Å². The molecule has 3 N–H and O–H groups in total. The van der Waals surface area contributed by atoms with Crippen molar-refractivity contribution in [3.63, 3.8) is 0 Å². The van der Waals surface area contributed by atoms with Gasteiger partial charge in [-0.05, 0) is 56.2 Å². The first-order valence-electron chi connectivity index (χ1n) is 10.2. The van der Waals surface area contributed by atoms with E-state index in [0.29, 0.717) is 0 Å². The minimum Gasteiger partial charge on any atom is -0.395 e. The zero-order chi connectivity index (χ0) is 19.2. The molecule has 1 atom stereocenters. The summed E-state index contributed by atoms with van der Waals surface area (Å²) >= 11 is 0. The Bertz CT molecular complexity index is 570. The minimum atomic E-state index is -0.276. The second kappa shape index (κ2) is 12.8. The van der Waals surface area contributed by atoms with Crippen LogP contribution in [0.5, 0.6) is 0 Å². The van der Waals surface area contributed by atoms with Gasteiger partial charge in [0.25, 0.3) is 0 Å². The summed E-state index contributed by atoms with van der Waals surface area (Å²) in [6.45, 7) is 3.47. The summed E-state index contributed by atoms with van der Waals surface area (Å²) in [5.41, 5.74) is 2.11. The van der Waals surface area contributed by atoms with Gasteiger partial charge in [0.15, 0.2) is 0 Å². The van der Waals surface area contributed by atoms with Gasteiger partial charge in [-0.15, -0.1) is 0 Å². The smallest absolute Gasteiger partial charge is 0.0645 e. The molecule has 0 aliphatic heterocycles. The second-order valence-electron chi connectivity index (χ2n) is 7.48. The van der Waals surface area contributed by atoms with Crippen molar-refractivity contribution in [3.05, 3.63) is 59.7 Å². The normalized spacial score (nSPS) is 19.3. The van der Waals surface area contributed by atoms with E-state index in [1.807, 2.05) is 12.2 Å². The van der Waals surface area contributed by atoms with Crippen LogP contribution >= 0.6 is 0 Å². The molecule has 4 heteroatoms. The maximum absolute atomic E-state index is 9.75. The summed E-state index contributed by atoms with van der Waals surface area (Å²) in [4.78, 5) is 0. The summed E-state index contributed by atoms with van der Waals surface area (Å²) in [7, 11) is 0.